The molecule has 1 heterocycles. The molecule has 0 saturated carbocycles. The molecule has 37 heavy (non-hydrogen) atoms. The van der Waals surface area contributed by atoms with E-state index in [1.165, 1.54) is 44.6 Å². The molecule has 0 bridgehead atoms. The summed E-state index contributed by atoms with van der Waals surface area (Å²) in [6.07, 6.45) is 0.229. The number of benzene rings is 3. The predicted octanol–water partition coefficient (Wildman–Crippen LogP) is 8.82. The molecule has 3 aromatic carbocycles. The summed E-state index contributed by atoms with van der Waals surface area (Å²) < 4.78 is 6.20. The van der Waals surface area contributed by atoms with Crippen molar-refractivity contribution in [2.75, 3.05) is 18.0 Å². The standard InChI is InChI=1S/C21H27N2.C10H10Cl2O.Ru/c1-13-9-15(3)19(16(4)10-13)21-22-7-8-23(21)20-17(5)11-14(2)12-18(20)6;1-7(2)13-10-8(6-11)4-3-5-9(10)12;/h9-12,21H,7-8H2,1-6H3;3-5,7H,1-2H3;/q-1;;+1. The third kappa shape index (κ3) is 7.24. The number of hydrogen-bond donors (Lipinski definition) is 0. The molecule has 3 aromatic rings. The van der Waals surface area contributed by atoms with Crippen LogP contribution < -0.4 is 9.64 Å². The summed E-state index contributed by atoms with van der Waals surface area (Å²) in [5.41, 5.74) is 11.6. The molecule has 1 aliphatic heterocycles. The summed E-state index contributed by atoms with van der Waals surface area (Å²) >= 11 is 14.3. The van der Waals surface area contributed by atoms with E-state index in [4.69, 9.17) is 33.3 Å². The third-order valence-electron chi connectivity index (χ3n) is 6.37. The minimum atomic E-state index is 0.0799. The number of halogens is 2. The number of ether oxygens (including phenoxy) is 1. The number of anilines is 1. The molecule has 4 rings (SSSR count). The second-order valence-corrected chi connectivity index (χ2v) is 12.2. The molecule has 0 amide bonds. The Labute approximate surface area is 242 Å². The Morgan fingerprint density at radius 2 is 1.49 bits per heavy atom. The van der Waals surface area contributed by atoms with Gasteiger partial charge in [0.05, 0.1) is 0 Å². The van der Waals surface area contributed by atoms with E-state index < -0.39 is 0 Å². The molecule has 0 radical (unpaired) electrons. The molecule has 0 spiro atoms. The Balaban J connectivity index is 0.000000233. The predicted molar refractivity (Wildman–Crippen MR) is 157 cm³/mol. The van der Waals surface area contributed by atoms with Gasteiger partial charge >= 0.3 is 104 Å². The van der Waals surface area contributed by atoms with Gasteiger partial charge in [-0.25, -0.2) is 0 Å². The smallest absolute Gasteiger partial charge is 0.0414 e. The van der Waals surface area contributed by atoms with Crippen molar-refractivity contribution in [1.82, 2.24) is 0 Å². The van der Waals surface area contributed by atoms with E-state index in [0.717, 1.165) is 18.7 Å². The minimum absolute atomic E-state index is 0.0799. The summed E-state index contributed by atoms with van der Waals surface area (Å²) in [6, 6.07) is 14.6. The minimum Gasteiger partial charge on any atom is -0.637 e. The van der Waals surface area contributed by atoms with Gasteiger partial charge in [-0.05, 0) is 82.1 Å². The van der Waals surface area contributed by atoms with Crippen LogP contribution in [-0.4, -0.2) is 22.8 Å². The maximum Gasteiger partial charge on any atom is 0.0414 e. The molecule has 199 valence electrons. The molecule has 3 nitrogen and oxygen atoms in total. The Morgan fingerprint density at radius 3 is 2.00 bits per heavy atom. The number of nitrogens with zero attached hydrogens (tertiary/aromatic N) is 2. The van der Waals surface area contributed by atoms with E-state index in [0.29, 0.717) is 14.3 Å². The van der Waals surface area contributed by atoms with Crippen molar-refractivity contribution < 1.29 is 22.6 Å². The number of rotatable bonds is 5. The Bertz CT molecular complexity index is 1180. The van der Waals surface area contributed by atoms with Crippen molar-refractivity contribution in [1.29, 1.82) is 0 Å². The van der Waals surface area contributed by atoms with Gasteiger partial charge in [0.1, 0.15) is 0 Å². The summed E-state index contributed by atoms with van der Waals surface area (Å²) in [6.45, 7) is 19.0. The molecule has 1 unspecified atom stereocenters. The molecular formula is C31H37Cl2N2ORu. The van der Waals surface area contributed by atoms with E-state index in [9.17, 15) is 0 Å². The first-order valence-corrected chi connectivity index (χ1v) is 14.2. The van der Waals surface area contributed by atoms with E-state index in [1.807, 2.05) is 26.0 Å². The second kappa shape index (κ2) is 12.9. The normalized spacial score (nSPS) is 15.0. The fourth-order valence-electron chi connectivity index (χ4n) is 5.22. The molecule has 0 aromatic heterocycles. The van der Waals surface area contributed by atoms with Gasteiger partial charge in [-0.1, -0.05) is 35.4 Å². The average Bonchev–Trinajstić information content (AvgIpc) is 3.22. The first-order chi connectivity index (χ1) is 17.4. The summed E-state index contributed by atoms with van der Waals surface area (Å²) in [5, 5.41) is 5.53. The quantitative estimate of drug-likeness (QED) is 0.265. The van der Waals surface area contributed by atoms with Gasteiger partial charge in [-0.15, -0.1) is 6.54 Å². The van der Waals surface area contributed by atoms with Crippen molar-refractivity contribution in [2.24, 2.45) is 0 Å². The van der Waals surface area contributed by atoms with E-state index in [2.05, 4.69) is 88.6 Å². The van der Waals surface area contributed by atoms with Gasteiger partial charge < -0.3 is 10.2 Å². The Kier molecular flexibility index (Phi) is 10.4. The van der Waals surface area contributed by atoms with Crippen LogP contribution in [0.5, 0.6) is 5.75 Å². The fraction of sp³-hybridized carbons (Fsp3) is 0.387. The van der Waals surface area contributed by atoms with Gasteiger partial charge in [0, 0.05) is 5.69 Å². The van der Waals surface area contributed by atoms with Crippen LogP contribution in [0.1, 0.15) is 64.5 Å². The van der Waals surface area contributed by atoms with Crippen molar-refractivity contribution in [3.05, 3.63) is 97.3 Å². The van der Waals surface area contributed by atoms with Crippen LogP contribution in [0.25, 0.3) is 5.32 Å². The Hall–Kier alpha value is -1.71. The molecule has 1 atom stereocenters. The molecule has 0 N–H and O–H groups in total. The Morgan fingerprint density at radius 1 is 0.946 bits per heavy atom. The van der Waals surface area contributed by atoms with Crippen LogP contribution in [0.4, 0.5) is 5.69 Å². The van der Waals surface area contributed by atoms with Crippen molar-refractivity contribution >= 4 is 32.5 Å². The monoisotopic (exact) mass is 625 g/mol. The van der Waals surface area contributed by atoms with Crippen LogP contribution in [-0.2, 0) is 17.9 Å². The summed E-state index contributed by atoms with van der Waals surface area (Å²) in [5.74, 6) is 0.646. The number of aryl methyl sites for hydroxylation is 6. The molecule has 6 heteroatoms. The fourth-order valence-corrected chi connectivity index (χ4v) is 5.93. The second-order valence-electron chi connectivity index (χ2n) is 10.1. The van der Waals surface area contributed by atoms with E-state index in [-0.39, 0.29) is 12.3 Å². The van der Waals surface area contributed by atoms with Crippen molar-refractivity contribution in [3.8, 4) is 5.75 Å². The van der Waals surface area contributed by atoms with Crippen LogP contribution in [0.3, 0.4) is 0 Å². The number of hydrogen-bond acceptors (Lipinski definition) is 2. The number of para-hydroxylation sites is 1. The van der Waals surface area contributed by atoms with Crippen molar-refractivity contribution in [2.45, 2.75) is 67.7 Å². The summed E-state index contributed by atoms with van der Waals surface area (Å²) in [4.78, 5) is 2.49. The first kappa shape index (κ1) is 29.8. The SMILES string of the molecule is CC(C)Oc1c(Cl)cccc1[C](Cl)=[Ru+].Cc1cc(C)c(C2[N-]CCN2c2c(C)cc(C)cc2C)c(C)c1. The van der Waals surface area contributed by atoms with E-state index in [1.54, 1.807) is 6.07 Å². The summed E-state index contributed by atoms with van der Waals surface area (Å²) in [7, 11) is 0. The molecule has 1 fully saturated rings. The maximum atomic E-state index is 6.01. The molecular weight excluding hydrogens is 588 g/mol. The van der Waals surface area contributed by atoms with Crippen LogP contribution in [0.2, 0.25) is 5.02 Å². The van der Waals surface area contributed by atoms with E-state index >= 15 is 0 Å². The van der Waals surface area contributed by atoms with Crippen LogP contribution in [0.15, 0.2) is 42.5 Å². The molecule has 0 aliphatic carbocycles. The van der Waals surface area contributed by atoms with Crippen LogP contribution >= 0.6 is 23.2 Å². The first-order valence-electron chi connectivity index (χ1n) is 12.6. The topological polar surface area (TPSA) is 26.6 Å². The van der Waals surface area contributed by atoms with Crippen molar-refractivity contribution in [3.63, 3.8) is 0 Å². The zero-order chi connectivity index (χ0) is 27.4. The van der Waals surface area contributed by atoms with Gasteiger partial charge in [-0.2, -0.15) is 0 Å². The van der Waals surface area contributed by atoms with Gasteiger partial charge in [0.2, 0.25) is 0 Å². The average molecular weight is 626 g/mol. The maximum absolute atomic E-state index is 6.01. The molecule has 1 aliphatic rings. The van der Waals surface area contributed by atoms with Crippen LogP contribution in [0, 0.1) is 41.5 Å². The van der Waals surface area contributed by atoms with Gasteiger partial charge in [0.15, 0.2) is 0 Å². The zero-order valence-electron chi connectivity index (χ0n) is 23.0. The third-order valence-corrected chi connectivity index (χ3v) is 7.34. The van der Waals surface area contributed by atoms with Gasteiger partial charge in [0.25, 0.3) is 0 Å². The molecule has 1 saturated heterocycles. The largest absolute Gasteiger partial charge is 0.637 e. The zero-order valence-corrected chi connectivity index (χ0v) is 26.3. The van der Waals surface area contributed by atoms with Gasteiger partial charge in [-0.3, -0.25) is 0 Å².